The summed E-state index contributed by atoms with van der Waals surface area (Å²) in [6, 6.07) is 8.14. The van der Waals surface area contributed by atoms with Gasteiger partial charge < -0.3 is 10.6 Å². The van der Waals surface area contributed by atoms with E-state index in [0.717, 1.165) is 35.2 Å². The molecule has 8 heteroatoms. The molecule has 2 aromatic heterocycles. The molecule has 0 amide bonds. The number of nitrogens with one attached hydrogen (secondary N) is 2. The number of nitrogens with zero attached hydrogens (tertiary/aromatic N) is 5. The van der Waals surface area contributed by atoms with Gasteiger partial charge in [-0.05, 0) is 31.0 Å². The van der Waals surface area contributed by atoms with Crippen LogP contribution in [0.4, 0.5) is 0 Å². The molecule has 0 bridgehead atoms. The second kappa shape index (κ2) is 9.10. The zero-order valence-electron chi connectivity index (χ0n) is 15.0. The zero-order chi connectivity index (χ0) is 18.2. The second-order valence-corrected chi connectivity index (χ2v) is 6.83. The lowest BCUT2D eigenvalue weighted by Gasteiger charge is -2.10. The maximum absolute atomic E-state index is 4.65. The minimum Gasteiger partial charge on any atom is -0.357 e. The number of hydrogen-bond donors (Lipinski definition) is 2. The van der Waals surface area contributed by atoms with E-state index >= 15 is 0 Å². The standard InChI is InChI=1S/C18H23N7S/c1-3-16-10-21-17(26-16)11-23-18(20-4-2)22-9-14-5-7-15(8-6-14)25-13-19-12-24-25/h5-8,10,12-13H,3-4,9,11H2,1-2H3,(H2,20,22,23). The molecule has 0 saturated heterocycles. The van der Waals surface area contributed by atoms with Crippen molar-refractivity contribution in [1.29, 1.82) is 0 Å². The van der Waals surface area contributed by atoms with E-state index in [-0.39, 0.29) is 0 Å². The monoisotopic (exact) mass is 369 g/mol. The molecule has 26 heavy (non-hydrogen) atoms. The summed E-state index contributed by atoms with van der Waals surface area (Å²) >= 11 is 1.74. The molecule has 0 saturated carbocycles. The third-order valence-electron chi connectivity index (χ3n) is 3.74. The third kappa shape index (κ3) is 4.89. The third-order valence-corrected chi connectivity index (χ3v) is 4.88. The molecule has 3 rings (SSSR count). The maximum atomic E-state index is 4.65. The highest BCUT2D eigenvalue weighted by atomic mass is 32.1. The fourth-order valence-corrected chi connectivity index (χ4v) is 3.16. The lowest BCUT2D eigenvalue weighted by atomic mass is 10.2. The van der Waals surface area contributed by atoms with Crippen LogP contribution in [0.5, 0.6) is 0 Å². The van der Waals surface area contributed by atoms with E-state index in [1.807, 2.05) is 18.3 Å². The number of hydrogen-bond acceptors (Lipinski definition) is 5. The zero-order valence-corrected chi connectivity index (χ0v) is 15.8. The number of aromatic nitrogens is 4. The molecule has 3 aromatic rings. The molecule has 0 aliphatic heterocycles. The van der Waals surface area contributed by atoms with Gasteiger partial charge in [-0.1, -0.05) is 19.1 Å². The van der Waals surface area contributed by atoms with Gasteiger partial charge in [-0.25, -0.2) is 19.6 Å². The molecular weight excluding hydrogens is 346 g/mol. The predicted molar refractivity (Wildman–Crippen MR) is 105 cm³/mol. The molecular formula is C18H23N7S. The van der Waals surface area contributed by atoms with Gasteiger partial charge in [0.2, 0.25) is 0 Å². The summed E-state index contributed by atoms with van der Waals surface area (Å²) in [6.45, 7) is 6.30. The van der Waals surface area contributed by atoms with Crippen LogP contribution in [0, 0.1) is 0 Å². The van der Waals surface area contributed by atoms with Crippen LogP contribution in [0.1, 0.15) is 29.3 Å². The Morgan fingerprint density at radius 2 is 2.04 bits per heavy atom. The van der Waals surface area contributed by atoms with Gasteiger partial charge in [0, 0.05) is 17.6 Å². The van der Waals surface area contributed by atoms with Gasteiger partial charge in [-0.3, -0.25) is 0 Å². The number of benzene rings is 1. The Hall–Kier alpha value is -2.74. The average Bonchev–Trinajstić information content (AvgIpc) is 3.36. The minimum atomic E-state index is 0.602. The summed E-state index contributed by atoms with van der Waals surface area (Å²) in [5.41, 5.74) is 2.12. The molecule has 0 aliphatic rings. The van der Waals surface area contributed by atoms with Crippen molar-refractivity contribution in [3.8, 4) is 5.69 Å². The summed E-state index contributed by atoms with van der Waals surface area (Å²) in [4.78, 5) is 14.4. The van der Waals surface area contributed by atoms with Crippen LogP contribution in [0.3, 0.4) is 0 Å². The van der Waals surface area contributed by atoms with E-state index in [0.29, 0.717) is 13.1 Å². The first-order valence-electron chi connectivity index (χ1n) is 8.68. The highest BCUT2D eigenvalue weighted by Gasteiger charge is 2.03. The SMILES string of the molecule is CCNC(=NCc1ccc(-n2cncn2)cc1)NCc1ncc(CC)s1. The van der Waals surface area contributed by atoms with Crippen LogP contribution in [0.15, 0.2) is 48.1 Å². The van der Waals surface area contributed by atoms with Crippen molar-refractivity contribution in [2.24, 2.45) is 4.99 Å². The van der Waals surface area contributed by atoms with Crippen molar-refractivity contribution in [1.82, 2.24) is 30.4 Å². The maximum Gasteiger partial charge on any atom is 0.191 e. The largest absolute Gasteiger partial charge is 0.357 e. The van der Waals surface area contributed by atoms with Crippen molar-refractivity contribution >= 4 is 17.3 Å². The van der Waals surface area contributed by atoms with Gasteiger partial charge in [0.05, 0.1) is 18.8 Å². The van der Waals surface area contributed by atoms with E-state index in [1.165, 1.54) is 11.2 Å². The van der Waals surface area contributed by atoms with E-state index in [4.69, 9.17) is 0 Å². The van der Waals surface area contributed by atoms with Crippen molar-refractivity contribution in [3.05, 3.63) is 58.6 Å². The topological polar surface area (TPSA) is 80.0 Å². The Morgan fingerprint density at radius 1 is 1.19 bits per heavy atom. The van der Waals surface area contributed by atoms with E-state index in [2.05, 4.69) is 56.7 Å². The Kier molecular flexibility index (Phi) is 6.32. The number of rotatable bonds is 7. The van der Waals surface area contributed by atoms with E-state index in [1.54, 1.807) is 22.3 Å². The Morgan fingerprint density at radius 3 is 2.69 bits per heavy atom. The van der Waals surface area contributed by atoms with Crippen LogP contribution in [0.25, 0.3) is 5.69 Å². The molecule has 7 nitrogen and oxygen atoms in total. The fraction of sp³-hybridized carbons (Fsp3) is 0.333. The average molecular weight is 369 g/mol. The number of guanidine groups is 1. The van der Waals surface area contributed by atoms with Crippen LogP contribution in [-0.4, -0.2) is 32.3 Å². The summed E-state index contributed by atoms with van der Waals surface area (Å²) in [5.74, 6) is 0.793. The molecule has 1 aromatic carbocycles. The summed E-state index contributed by atoms with van der Waals surface area (Å²) in [5, 5.41) is 11.8. The molecule has 0 radical (unpaired) electrons. The van der Waals surface area contributed by atoms with Crippen LogP contribution in [0.2, 0.25) is 0 Å². The molecule has 2 N–H and O–H groups in total. The van der Waals surface area contributed by atoms with Gasteiger partial charge in [-0.2, -0.15) is 5.10 Å². The van der Waals surface area contributed by atoms with Gasteiger partial charge >= 0.3 is 0 Å². The molecule has 0 spiro atoms. The van der Waals surface area contributed by atoms with Crippen LogP contribution >= 0.6 is 11.3 Å². The fourth-order valence-electron chi connectivity index (χ4n) is 2.36. The summed E-state index contributed by atoms with van der Waals surface area (Å²) in [7, 11) is 0. The summed E-state index contributed by atoms with van der Waals surface area (Å²) in [6.07, 6.45) is 6.18. The first-order valence-corrected chi connectivity index (χ1v) is 9.49. The van der Waals surface area contributed by atoms with Crippen LogP contribution in [-0.2, 0) is 19.5 Å². The van der Waals surface area contributed by atoms with Crippen molar-refractivity contribution in [3.63, 3.8) is 0 Å². The molecule has 136 valence electrons. The lowest BCUT2D eigenvalue weighted by molar-refractivity contribution is 0.811. The normalized spacial score (nSPS) is 11.5. The Labute approximate surface area is 157 Å². The van der Waals surface area contributed by atoms with Gasteiger partial charge in [-0.15, -0.1) is 11.3 Å². The Bertz CT molecular complexity index is 822. The molecule has 0 fully saturated rings. The van der Waals surface area contributed by atoms with Gasteiger partial charge in [0.15, 0.2) is 5.96 Å². The first kappa shape index (κ1) is 18.1. The minimum absolute atomic E-state index is 0.602. The number of thiazole rings is 1. The number of aryl methyl sites for hydroxylation is 1. The molecule has 2 heterocycles. The molecule has 0 aliphatic carbocycles. The van der Waals surface area contributed by atoms with Crippen molar-refractivity contribution in [2.45, 2.75) is 33.4 Å². The number of aliphatic imine (C=N–C) groups is 1. The predicted octanol–water partition coefficient (Wildman–Crippen LogP) is 2.54. The smallest absolute Gasteiger partial charge is 0.191 e. The van der Waals surface area contributed by atoms with Crippen molar-refractivity contribution < 1.29 is 0 Å². The van der Waals surface area contributed by atoms with Crippen molar-refractivity contribution in [2.75, 3.05) is 6.54 Å². The van der Waals surface area contributed by atoms with E-state index in [9.17, 15) is 0 Å². The second-order valence-electron chi connectivity index (χ2n) is 5.63. The quantitative estimate of drug-likeness (QED) is 0.494. The lowest BCUT2D eigenvalue weighted by Crippen LogP contribution is -2.36. The highest BCUT2D eigenvalue weighted by Crippen LogP contribution is 2.13. The highest BCUT2D eigenvalue weighted by molar-refractivity contribution is 7.11. The Balaban J connectivity index is 1.59. The van der Waals surface area contributed by atoms with Gasteiger partial charge in [0.1, 0.15) is 17.7 Å². The molecule has 0 atom stereocenters. The van der Waals surface area contributed by atoms with Gasteiger partial charge in [0.25, 0.3) is 0 Å². The van der Waals surface area contributed by atoms with E-state index < -0.39 is 0 Å². The summed E-state index contributed by atoms with van der Waals surface area (Å²) < 4.78 is 1.73. The van der Waals surface area contributed by atoms with Crippen LogP contribution < -0.4 is 10.6 Å². The molecule has 0 unspecified atom stereocenters. The first-order chi connectivity index (χ1) is 12.8.